The topological polar surface area (TPSA) is 46.9 Å². The number of hydrogen-bond acceptors (Lipinski definition) is 2. The normalized spacial score (nSPS) is 12.4. The van der Waals surface area contributed by atoms with Gasteiger partial charge < -0.3 is 9.88 Å². The summed E-state index contributed by atoms with van der Waals surface area (Å²) in [4.78, 5) is 16.3. The molecule has 0 saturated carbocycles. The first kappa shape index (κ1) is 13.3. The predicted molar refractivity (Wildman–Crippen MR) is 74.9 cm³/mol. The molecule has 2 heterocycles. The molecule has 0 aliphatic heterocycles. The second kappa shape index (κ2) is 5.69. The SMILES string of the molecule is CC(C)n1cccc1C(=O)N[C@@H](C)c1cccnc1. The maximum absolute atomic E-state index is 12.3. The van der Waals surface area contributed by atoms with E-state index < -0.39 is 0 Å². The number of aromatic nitrogens is 2. The minimum atomic E-state index is -0.0601. The molecule has 0 fully saturated rings. The van der Waals surface area contributed by atoms with E-state index >= 15 is 0 Å². The first-order valence-electron chi connectivity index (χ1n) is 6.47. The van der Waals surface area contributed by atoms with Crippen LogP contribution in [0.1, 0.15) is 48.9 Å². The Morgan fingerprint density at radius 3 is 2.68 bits per heavy atom. The zero-order valence-corrected chi connectivity index (χ0v) is 11.5. The van der Waals surface area contributed by atoms with Crippen molar-refractivity contribution in [2.45, 2.75) is 32.9 Å². The molecule has 0 unspecified atom stereocenters. The van der Waals surface area contributed by atoms with Crippen molar-refractivity contribution in [2.24, 2.45) is 0 Å². The molecule has 0 radical (unpaired) electrons. The highest BCUT2D eigenvalue weighted by Crippen LogP contribution is 2.14. The van der Waals surface area contributed by atoms with Crippen molar-refractivity contribution in [1.29, 1.82) is 0 Å². The summed E-state index contributed by atoms with van der Waals surface area (Å²) in [6.45, 7) is 6.07. The number of carbonyl (C=O) groups excluding carboxylic acids is 1. The van der Waals surface area contributed by atoms with E-state index in [2.05, 4.69) is 24.1 Å². The summed E-state index contributed by atoms with van der Waals surface area (Å²) in [6.07, 6.45) is 5.42. The van der Waals surface area contributed by atoms with Gasteiger partial charge in [0.1, 0.15) is 5.69 Å². The summed E-state index contributed by atoms with van der Waals surface area (Å²) in [5.74, 6) is -0.0601. The lowest BCUT2D eigenvalue weighted by atomic mass is 10.1. The third kappa shape index (κ3) is 3.02. The maximum Gasteiger partial charge on any atom is 0.268 e. The van der Waals surface area contributed by atoms with E-state index in [1.807, 2.05) is 42.0 Å². The van der Waals surface area contributed by atoms with Crippen molar-refractivity contribution in [3.8, 4) is 0 Å². The van der Waals surface area contributed by atoms with Crippen molar-refractivity contribution in [3.63, 3.8) is 0 Å². The molecule has 19 heavy (non-hydrogen) atoms. The first-order chi connectivity index (χ1) is 9.09. The van der Waals surface area contributed by atoms with Crippen LogP contribution in [0.2, 0.25) is 0 Å². The molecule has 2 rings (SSSR count). The van der Waals surface area contributed by atoms with E-state index in [0.717, 1.165) is 5.56 Å². The molecule has 100 valence electrons. The average Bonchev–Trinajstić information content (AvgIpc) is 2.89. The number of rotatable bonds is 4. The third-order valence-electron chi connectivity index (χ3n) is 3.10. The molecule has 2 aromatic heterocycles. The molecule has 0 aromatic carbocycles. The largest absolute Gasteiger partial charge is 0.344 e. The van der Waals surface area contributed by atoms with Crippen LogP contribution in [-0.2, 0) is 0 Å². The molecule has 1 amide bonds. The van der Waals surface area contributed by atoms with Crippen LogP contribution < -0.4 is 5.32 Å². The summed E-state index contributed by atoms with van der Waals surface area (Å²) in [7, 11) is 0. The van der Waals surface area contributed by atoms with Gasteiger partial charge in [-0.3, -0.25) is 9.78 Å². The van der Waals surface area contributed by atoms with Crippen molar-refractivity contribution in [2.75, 3.05) is 0 Å². The summed E-state index contributed by atoms with van der Waals surface area (Å²) < 4.78 is 1.96. The van der Waals surface area contributed by atoms with Crippen LogP contribution in [0, 0.1) is 0 Å². The quantitative estimate of drug-likeness (QED) is 0.915. The molecule has 0 spiro atoms. The molecule has 1 N–H and O–H groups in total. The van der Waals surface area contributed by atoms with Crippen LogP contribution in [0.15, 0.2) is 42.9 Å². The van der Waals surface area contributed by atoms with E-state index in [-0.39, 0.29) is 18.0 Å². The van der Waals surface area contributed by atoms with Crippen molar-refractivity contribution in [3.05, 3.63) is 54.1 Å². The van der Waals surface area contributed by atoms with Gasteiger partial charge in [0.25, 0.3) is 5.91 Å². The molecule has 2 aromatic rings. The van der Waals surface area contributed by atoms with Crippen LogP contribution >= 0.6 is 0 Å². The smallest absolute Gasteiger partial charge is 0.268 e. The van der Waals surface area contributed by atoms with Crippen LogP contribution in [0.5, 0.6) is 0 Å². The van der Waals surface area contributed by atoms with Gasteiger partial charge in [-0.25, -0.2) is 0 Å². The molecule has 0 aliphatic carbocycles. The van der Waals surface area contributed by atoms with Gasteiger partial charge in [0.05, 0.1) is 6.04 Å². The molecular formula is C15H19N3O. The zero-order chi connectivity index (χ0) is 13.8. The molecule has 0 bridgehead atoms. The van der Waals surface area contributed by atoms with Gasteiger partial charge in [0.2, 0.25) is 0 Å². The van der Waals surface area contributed by atoms with Crippen molar-refractivity contribution < 1.29 is 4.79 Å². The highest BCUT2D eigenvalue weighted by atomic mass is 16.2. The monoisotopic (exact) mass is 257 g/mol. The standard InChI is InChI=1S/C15H19N3O/c1-11(2)18-9-5-7-14(18)15(19)17-12(3)13-6-4-8-16-10-13/h4-12H,1-3H3,(H,17,19)/t12-/m0/s1. The summed E-state index contributed by atoms with van der Waals surface area (Å²) in [6, 6.07) is 7.77. The van der Waals surface area contributed by atoms with Crippen LogP contribution in [0.3, 0.4) is 0 Å². The van der Waals surface area contributed by atoms with E-state index in [4.69, 9.17) is 0 Å². The fourth-order valence-corrected chi connectivity index (χ4v) is 2.02. The number of nitrogens with one attached hydrogen (secondary N) is 1. The van der Waals surface area contributed by atoms with Crippen molar-refractivity contribution in [1.82, 2.24) is 14.9 Å². The summed E-state index contributed by atoms with van der Waals surface area (Å²) >= 11 is 0. The number of pyridine rings is 1. The fraction of sp³-hybridized carbons (Fsp3) is 0.333. The van der Waals surface area contributed by atoms with Crippen molar-refractivity contribution >= 4 is 5.91 Å². The van der Waals surface area contributed by atoms with Gasteiger partial charge in [-0.2, -0.15) is 0 Å². The molecule has 0 aliphatic rings. The van der Waals surface area contributed by atoms with E-state index in [1.165, 1.54) is 0 Å². The third-order valence-corrected chi connectivity index (χ3v) is 3.10. The Labute approximate surface area is 113 Å². The van der Waals surface area contributed by atoms with E-state index in [1.54, 1.807) is 12.4 Å². The van der Waals surface area contributed by atoms with E-state index in [0.29, 0.717) is 5.69 Å². The molecule has 4 nitrogen and oxygen atoms in total. The first-order valence-corrected chi connectivity index (χ1v) is 6.47. The molecule has 1 atom stereocenters. The Balaban J connectivity index is 2.11. The lowest BCUT2D eigenvalue weighted by molar-refractivity contribution is 0.0929. The molecule has 4 heteroatoms. The van der Waals surface area contributed by atoms with Gasteiger partial charge in [-0.1, -0.05) is 6.07 Å². The Kier molecular flexibility index (Phi) is 4.00. The Hall–Kier alpha value is -2.10. The lowest BCUT2D eigenvalue weighted by Crippen LogP contribution is -2.29. The van der Waals surface area contributed by atoms with Gasteiger partial charge in [0, 0.05) is 24.6 Å². The Morgan fingerprint density at radius 1 is 1.26 bits per heavy atom. The predicted octanol–water partition coefficient (Wildman–Crippen LogP) is 2.96. The second-order valence-corrected chi connectivity index (χ2v) is 4.88. The Bertz CT molecular complexity index is 546. The lowest BCUT2D eigenvalue weighted by Gasteiger charge is -2.16. The van der Waals surface area contributed by atoms with Gasteiger partial charge in [-0.05, 0) is 44.5 Å². The molecular weight excluding hydrogens is 238 g/mol. The number of amides is 1. The van der Waals surface area contributed by atoms with Crippen LogP contribution in [0.25, 0.3) is 0 Å². The fourth-order valence-electron chi connectivity index (χ4n) is 2.02. The zero-order valence-electron chi connectivity index (χ0n) is 11.5. The van der Waals surface area contributed by atoms with Gasteiger partial charge in [-0.15, -0.1) is 0 Å². The number of hydrogen-bond donors (Lipinski definition) is 1. The van der Waals surface area contributed by atoms with E-state index in [9.17, 15) is 4.79 Å². The minimum absolute atomic E-state index is 0.0586. The summed E-state index contributed by atoms with van der Waals surface area (Å²) in [5.41, 5.74) is 1.68. The second-order valence-electron chi connectivity index (χ2n) is 4.88. The maximum atomic E-state index is 12.3. The van der Waals surface area contributed by atoms with Crippen LogP contribution in [0.4, 0.5) is 0 Å². The average molecular weight is 257 g/mol. The molecule has 0 saturated heterocycles. The minimum Gasteiger partial charge on any atom is -0.344 e. The van der Waals surface area contributed by atoms with Crippen LogP contribution in [-0.4, -0.2) is 15.5 Å². The number of carbonyl (C=O) groups is 1. The highest BCUT2D eigenvalue weighted by Gasteiger charge is 2.15. The highest BCUT2D eigenvalue weighted by molar-refractivity contribution is 5.93. The van der Waals surface area contributed by atoms with Gasteiger partial charge in [0.15, 0.2) is 0 Å². The number of nitrogens with zero attached hydrogens (tertiary/aromatic N) is 2. The Morgan fingerprint density at radius 2 is 2.05 bits per heavy atom. The van der Waals surface area contributed by atoms with Gasteiger partial charge >= 0.3 is 0 Å². The summed E-state index contributed by atoms with van der Waals surface area (Å²) in [5, 5.41) is 2.99.